The van der Waals surface area contributed by atoms with E-state index >= 15 is 0 Å². The van der Waals surface area contributed by atoms with Gasteiger partial charge in [0.25, 0.3) is 0 Å². The summed E-state index contributed by atoms with van der Waals surface area (Å²) in [4.78, 5) is 8.25. The lowest BCUT2D eigenvalue weighted by Crippen LogP contribution is -2.36. The molecule has 158 valence electrons. The predicted octanol–water partition coefficient (Wildman–Crippen LogP) is 6.47. The van der Waals surface area contributed by atoms with Crippen LogP contribution >= 0.6 is 0 Å². The van der Waals surface area contributed by atoms with E-state index in [1.165, 1.54) is 96.3 Å². The van der Waals surface area contributed by atoms with Crippen LogP contribution in [-0.4, -0.2) is 35.6 Å². The van der Waals surface area contributed by atoms with Gasteiger partial charge in [0.1, 0.15) is 6.54 Å². The molecule has 6 nitrogen and oxygen atoms in total. The zero-order chi connectivity index (χ0) is 20.1. The SMILES string of the molecule is CCCCCCCCCCCCCCCCCC[N+](C)(C)O.O=[N+]([O-])[O-]. The number of hydrogen-bond acceptors (Lipinski definition) is 4. The summed E-state index contributed by atoms with van der Waals surface area (Å²) in [6.07, 6.45) is 22.4. The molecule has 0 amide bonds. The molecule has 0 aliphatic carbocycles. The molecule has 0 fully saturated rings. The van der Waals surface area contributed by atoms with Crippen LogP contribution in [0.3, 0.4) is 0 Å². The highest BCUT2D eigenvalue weighted by molar-refractivity contribution is 4.49. The van der Waals surface area contributed by atoms with Gasteiger partial charge in [0.2, 0.25) is 0 Å². The van der Waals surface area contributed by atoms with E-state index in [2.05, 4.69) is 6.92 Å². The third-order valence-electron chi connectivity index (χ3n) is 4.56. The van der Waals surface area contributed by atoms with Crippen molar-refractivity contribution < 1.29 is 14.9 Å². The number of quaternary nitrogens is 1. The topological polar surface area (TPSA) is 86.4 Å². The van der Waals surface area contributed by atoms with Gasteiger partial charge >= 0.3 is 0 Å². The fourth-order valence-corrected chi connectivity index (χ4v) is 3.05. The average Bonchev–Trinajstić information content (AvgIpc) is 2.53. The van der Waals surface area contributed by atoms with E-state index in [4.69, 9.17) is 15.3 Å². The Morgan fingerprint density at radius 3 is 1.12 bits per heavy atom. The molecule has 0 saturated carbocycles. The molecular formula is C20H44N2O4. The number of rotatable bonds is 17. The molecule has 6 heteroatoms. The van der Waals surface area contributed by atoms with E-state index in [-0.39, 0.29) is 4.65 Å². The normalized spacial score (nSPS) is 11.1. The van der Waals surface area contributed by atoms with Gasteiger partial charge in [-0.05, 0) is 12.8 Å². The Labute approximate surface area is 161 Å². The molecule has 0 aromatic heterocycles. The highest BCUT2D eigenvalue weighted by atomic mass is 16.9. The van der Waals surface area contributed by atoms with E-state index in [1.807, 2.05) is 14.1 Å². The molecule has 0 bridgehead atoms. The van der Waals surface area contributed by atoms with Gasteiger partial charge in [-0.3, -0.25) is 0 Å². The van der Waals surface area contributed by atoms with Crippen LogP contribution in [0.25, 0.3) is 0 Å². The van der Waals surface area contributed by atoms with Gasteiger partial charge in [-0.15, -0.1) is 0 Å². The van der Waals surface area contributed by atoms with Crippen LogP contribution in [0.1, 0.15) is 110 Å². The lowest BCUT2D eigenvalue weighted by molar-refractivity contribution is -1.07. The summed E-state index contributed by atoms with van der Waals surface area (Å²) in [6, 6.07) is 0. The molecule has 0 aromatic carbocycles. The molecule has 0 radical (unpaired) electrons. The van der Waals surface area contributed by atoms with Crippen molar-refractivity contribution in [2.24, 2.45) is 0 Å². The second kappa shape index (κ2) is 20.4. The number of hydrogen-bond donors (Lipinski definition) is 1. The van der Waals surface area contributed by atoms with Crippen molar-refractivity contribution in [2.75, 3.05) is 20.6 Å². The van der Waals surface area contributed by atoms with E-state index in [1.54, 1.807) is 0 Å². The minimum Gasteiger partial charge on any atom is -0.356 e. The summed E-state index contributed by atoms with van der Waals surface area (Å²) in [7, 11) is 3.70. The van der Waals surface area contributed by atoms with E-state index in [9.17, 15) is 5.21 Å². The summed E-state index contributed by atoms with van der Waals surface area (Å²) in [6.45, 7) is 3.17. The highest BCUT2D eigenvalue weighted by Gasteiger charge is 2.08. The first-order valence-corrected chi connectivity index (χ1v) is 10.7. The second-order valence-corrected chi connectivity index (χ2v) is 7.87. The van der Waals surface area contributed by atoms with Crippen LogP contribution in [0, 0.1) is 15.3 Å². The van der Waals surface area contributed by atoms with Crippen LogP contribution in [0.2, 0.25) is 0 Å². The van der Waals surface area contributed by atoms with Crippen molar-refractivity contribution in [3.63, 3.8) is 0 Å². The Hall–Kier alpha value is -0.880. The van der Waals surface area contributed by atoms with Crippen molar-refractivity contribution >= 4 is 0 Å². The molecule has 0 atom stereocenters. The largest absolute Gasteiger partial charge is 0.356 e. The first-order valence-electron chi connectivity index (χ1n) is 10.7. The summed E-state index contributed by atoms with van der Waals surface area (Å²) < 4.78 is 0.124. The second-order valence-electron chi connectivity index (χ2n) is 7.87. The number of hydroxylamine groups is 3. The van der Waals surface area contributed by atoms with Crippen LogP contribution in [-0.2, 0) is 0 Å². The van der Waals surface area contributed by atoms with Crippen molar-refractivity contribution in [1.29, 1.82) is 0 Å². The first-order chi connectivity index (χ1) is 12.3. The Kier molecular flexibility index (Phi) is 21.5. The summed E-state index contributed by atoms with van der Waals surface area (Å²) in [5.74, 6) is 0. The molecule has 0 unspecified atom stereocenters. The molecular weight excluding hydrogens is 332 g/mol. The third kappa shape index (κ3) is 34.5. The zero-order valence-electron chi connectivity index (χ0n) is 17.6. The van der Waals surface area contributed by atoms with Crippen molar-refractivity contribution in [3.05, 3.63) is 15.3 Å². The van der Waals surface area contributed by atoms with Gasteiger partial charge in [0, 0.05) is 0 Å². The van der Waals surface area contributed by atoms with Crippen LogP contribution in [0.15, 0.2) is 0 Å². The van der Waals surface area contributed by atoms with E-state index in [0.29, 0.717) is 0 Å². The Morgan fingerprint density at radius 2 is 0.885 bits per heavy atom. The van der Waals surface area contributed by atoms with Gasteiger partial charge in [-0.25, -0.2) is 5.21 Å². The summed E-state index contributed by atoms with van der Waals surface area (Å²) in [5.41, 5.74) is 0. The lowest BCUT2D eigenvalue weighted by atomic mass is 10.0. The maximum absolute atomic E-state index is 9.57. The molecule has 0 rings (SSSR count). The smallest absolute Gasteiger partial charge is 0.108 e. The highest BCUT2D eigenvalue weighted by Crippen LogP contribution is 2.13. The number of nitrogens with zero attached hydrogens (tertiary/aromatic N) is 2. The van der Waals surface area contributed by atoms with Crippen LogP contribution < -0.4 is 0 Å². The molecule has 0 aliphatic rings. The third-order valence-corrected chi connectivity index (χ3v) is 4.56. The Balaban J connectivity index is 0. The van der Waals surface area contributed by atoms with Crippen LogP contribution in [0.5, 0.6) is 0 Å². The van der Waals surface area contributed by atoms with Crippen molar-refractivity contribution in [2.45, 2.75) is 110 Å². The van der Waals surface area contributed by atoms with Gasteiger partial charge in [0.15, 0.2) is 0 Å². The zero-order valence-corrected chi connectivity index (χ0v) is 17.6. The molecule has 0 spiro atoms. The monoisotopic (exact) mass is 376 g/mol. The summed E-state index contributed by atoms with van der Waals surface area (Å²) >= 11 is 0. The van der Waals surface area contributed by atoms with E-state index in [0.717, 1.165) is 13.0 Å². The Bertz CT molecular complexity index is 290. The van der Waals surface area contributed by atoms with Gasteiger partial charge in [0.05, 0.1) is 19.2 Å². The first kappa shape index (κ1) is 27.3. The molecule has 1 N–H and O–H groups in total. The predicted molar refractivity (Wildman–Crippen MR) is 109 cm³/mol. The molecule has 26 heavy (non-hydrogen) atoms. The lowest BCUT2D eigenvalue weighted by Gasteiger charge is -2.18. The number of unbranched alkanes of at least 4 members (excludes halogenated alkanes) is 15. The average molecular weight is 377 g/mol. The standard InChI is InChI=1S/C20H44NO.NO3/c1-4-5-6-7-8-9-10-11-12-13-14-15-16-17-18-19-20-21(2,3)22;2-1(3)4/h22H,4-20H2,1-3H3;/q+1;-1. The summed E-state index contributed by atoms with van der Waals surface area (Å²) in [5, 5.41) is 24.3. The Morgan fingerprint density at radius 1 is 0.654 bits per heavy atom. The van der Waals surface area contributed by atoms with Crippen molar-refractivity contribution in [3.8, 4) is 0 Å². The van der Waals surface area contributed by atoms with Gasteiger partial charge in [-0.2, -0.15) is 4.65 Å². The van der Waals surface area contributed by atoms with E-state index < -0.39 is 5.09 Å². The molecule has 0 aliphatic heterocycles. The molecule has 0 aromatic rings. The fraction of sp³-hybridized carbons (Fsp3) is 1.00. The van der Waals surface area contributed by atoms with Gasteiger partial charge < -0.3 is 15.3 Å². The quantitative estimate of drug-likeness (QED) is 0.136. The minimum atomic E-state index is -1.75. The maximum atomic E-state index is 9.57. The molecule has 0 heterocycles. The van der Waals surface area contributed by atoms with Crippen LogP contribution in [0.4, 0.5) is 0 Å². The maximum Gasteiger partial charge on any atom is 0.108 e. The fourth-order valence-electron chi connectivity index (χ4n) is 3.05. The van der Waals surface area contributed by atoms with Crippen molar-refractivity contribution in [1.82, 2.24) is 0 Å². The minimum absolute atomic E-state index is 0.124. The molecule has 0 saturated heterocycles. The van der Waals surface area contributed by atoms with Gasteiger partial charge in [-0.1, -0.05) is 96.8 Å².